The Morgan fingerprint density at radius 2 is 2.00 bits per heavy atom. The predicted octanol–water partition coefficient (Wildman–Crippen LogP) is 2.66. The van der Waals surface area contributed by atoms with E-state index in [0.717, 1.165) is 11.4 Å². The highest BCUT2D eigenvalue weighted by atomic mass is 16.3. The molecule has 1 heterocycles. The molecule has 2 rings (SSSR count). The highest BCUT2D eigenvalue weighted by Crippen LogP contribution is 2.28. The van der Waals surface area contributed by atoms with Crippen molar-refractivity contribution in [2.75, 3.05) is 6.61 Å². The van der Waals surface area contributed by atoms with E-state index in [9.17, 15) is 9.90 Å². The lowest BCUT2D eigenvalue weighted by atomic mass is 9.82. The topological polar surface area (TPSA) is 67.2 Å². The van der Waals surface area contributed by atoms with Crippen molar-refractivity contribution in [3.05, 3.63) is 17.0 Å². The number of carbonyl (C=O) groups excluding carboxylic acids is 1. The van der Waals surface area contributed by atoms with E-state index in [4.69, 9.17) is 0 Å². The fraction of sp³-hybridized carbons (Fsp3) is 0.789. The number of hydrogen-bond acceptors (Lipinski definition) is 3. The molecule has 2 unspecified atom stereocenters. The van der Waals surface area contributed by atoms with Crippen LogP contribution in [0.3, 0.4) is 0 Å². The molecule has 0 aliphatic heterocycles. The van der Waals surface area contributed by atoms with Gasteiger partial charge in [-0.05, 0) is 51.0 Å². The van der Waals surface area contributed by atoms with Crippen LogP contribution in [-0.2, 0) is 18.3 Å². The number of nitrogens with one attached hydrogen (secondary N) is 1. The number of hydrogen-bond donors (Lipinski definition) is 2. The van der Waals surface area contributed by atoms with Gasteiger partial charge in [0.1, 0.15) is 0 Å². The number of aryl methyl sites for hydroxylation is 2. The minimum atomic E-state index is -0.0867. The van der Waals surface area contributed by atoms with Gasteiger partial charge >= 0.3 is 0 Å². The van der Waals surface area contributed by atoms with Crippen LogP contribution < -0.4 is 5.32 Å². The number of amides is 1. The third-order valence-corrected chi connectivity index (χ3v) is 5.60. The van der Waals surface area contributed by atoms with Gasteiger partial charge in [0.15, 0.2) is 0 Å². The van der Waals surface area contributed by atoms with Gasteiger partial charge in [-0.15, -0.1) is 0 Å². The van der Waals surface area contributed by atoms with E-state index in [1.165, 1.54) is 37.7 Å². The Morgan fingerprint density at radius 3 is 2.54 bits per heavy atom. The molecule has 1 aliphatic rings. The Labute approximate surface area is 145 Å². The van der Waals surface area contributed by atoms with E-state index >= 15 is 0 Å². The zero-order chi connectivity index (χ0) is 17.7. The van der Waals surface area contributed by atoms with E-state index in [2.05, 4.69) is 17.3 Å². The first kappa shape index (κ1) is 19.0. The summed E-state index contributed by atoms with van der Waals surface area (Å²) in [5, 5.41) is 17.0. The summed E-state index contributed by atoms with van der Waals surface area (Å²) in [5.74, 6) is 0.530. The minimum absolute atomic E-state index is 0.0867. The van der Waals surface area contributed by atoms with Crippen LogP contribution in [0.1, 0.15) is 62.4 Å². The standard InChI is InChI=1S/C19H33N3O2/c1-13(12-17-14(2)21-22(4)15(17)3)19(24)20-18(10-11-23)16-8-6-5-7-9-16/h13,16,18,23H,5-12H2,1-4H3,(H,20,24). The van der Waals surface area contributed by atoms with Gasteiger partial charge in [0.2, 0.25) is 5.91 Å². The van der Waals surface area contributed by atoms with Crippen molar-refractivity contribution >= 4 is 5.91 Å². The first-order valence-electron chi connectivity index (χ1n) is 9.34. The molecule has 136 valence electrons. The highest BCUT2D eigenvalue weighted by Gasteiger charge is 2.27. The molecule has 1 amide bonds. The average molecular weight is 335 g/mol. The predicted molar refractivity (Wildman–Crippen MR) is 95.8 cm³/mol. The summed E-state index contributed by atoms with van der Waals surface area (Å²) in [6, 6.07) is 0.112. The van der Waals surface area contributed by atoms with Crippen LogP contribution in [0.25, 0.3) is 0 Å². The van der Waals surface area contributed by atoms with Crippen LogP contribution in [0.4, 0.5) is 0 Å². The van der Waals surface area contributed by atoms with Crippen molar-refractivity contribution in [3.63, 3.8) is 0 Å². The summed E-state index contributed by atoms with van der Waals surface area (Å²) in [6.07, 6.45) is 7.49. The first-order valence-corrected chi connectivity index (χ1v) is 9.34. The largest absolute Gasteiger partial charge is 0.396 e. The molecule has 0 spiro atoms. The Bertz CT molecular complexity index is 547. The van der Waals surface area contributed by atoms with Gasteiger partial charge in [-0.2, -0.15) is 5.10 Å². The maximum absolute atomic E-state index is 12.7. The number of rotatable bonds is 7. The van der Waals surface area contributed by atoms with Gasteiger partial charge in [-0.25, -0.2) is 0 Å². The van der Waals surface area contributed by atoms with Crippen molar-refractivity contribution < 1.29 is 9.90 Å². The summed E-state index contributed by atoms with van der Waals surface area (Å²) < 4.78 is 1.88. The Kier molecular flexibility index (Phi) is 6.84. The second-order valence-corrected chi connectivity index (χ2v) is 7.40. The van der Waals surface area contributed by atoms with Crippen molar-refractivity contribution in [1.29, 1.82) is 0 Å². The quantitative estimate of drug-likeness (QED) is 0.805. The lowest BCUT2D eigenvalue weighted by molar-refractivity contribution is -0.125. The molecule has 1 aromatic rings. The normalized spacial score (nSPS) is 18.4. The number of carbonyl (C=O) groups is 1. The van der Waals surface area contributed by atoms with Gasteiger partial charge in [-0.1, -0.05) is 26.2 Å². The summed E-state index contributed by atoms with van der Waals surface area (Å²) in [4.78, 5) is 12.7. The molecule has 1 aromatic heterocycles. The maximum Gasteiger partial charge on any atom is 0.223 e. The second-order valence-electron chi connectivity index (χ2n) is 7.40. The maximum atomic E-state index is 12.7. The van der Waals surface area contributed by atoms with Crippen molar-refractivity contribution in [3.8, 4) is 0 Å². The van der Waals surface area contributed by atoms with E-state index in [0.29, 0.717) is 18.8 Å². The SMILES string of the molecule is Cc1nn(C)c(C)c1CC(C)C(=O)NC(CCO)C1CCCCC1. The third-order valence-electron chi connectivity index (χ3n) is 5.60. The summed E-state index contributed by atoms with van der Waals surface area (Å²) in [6.45, 7) is 6.18. The molecule has 5 nitrogen and oxygen atoms in total. The van der Waals surface area contributed by atoms with Crippen LogP contribution in [0.15, 0.2) is 0 Å². The monoisotopic (exact) mass is 335 g/mol. The molecule has 1 aliphatic carbocycles. The molecule has 1 fully saturated rings. The van der Waals surface area contributed by atoms with Gasteiger partial charge in [0.05, 0.1) is 5.69 Å². The van der Waals surface area contributed by atoms with Gasteiger partial charge < -0.3 is 10.4 Å². The van der Waals surface area contributed by atoms with E-state index in [1.54, 1.807) is 0 Å². The fourth-order valence-corrected chi connectivity index (χ4v) is 3.94. The molecular weight excluding hydrogens is 302 g/mol. The van der Waals surface area contributed by atoms with Crippen LogP contribution in [0, 0.1) is 25.7 Å². The number of aliphatic hydroxyl groups excluding tert-OH is 1. The summed E-state index contributed by atoms with van der Waals surface area (Å²) in [7, 11) is 1.94. The summed E-state index contributed by atoms with van der Waals surface area (Å²) in [5.41, 5.74) is 3.32. The van der Waals surface area contributed by atoms with E-state index in [1.807, 2.05) is 25.6 Å². The Balaban J connectivity index is 1.97. The fourth-order valence-electron chi connectivity index (χ4n) is 3.94. The molecule has 24 heavy (non-hydrogen) atoms. The van der Waals surface area contributed by atoms with Crippen molar-refractivity contribution in [1.82, 2.24) is 15.1 Å². The van der Waals surface area contributed by atoms with Crippen molar-refractivity contribution in [2.45, 2.75) is 71.8 Å². The van der Waals surface area contributed by atoms with E-state index in [-0.39, 0.29) is 24.5 Å². The van der Waals surface area contributed by atoms with Crippen LogP contribution in [0.2, 0.25) is 0 Å². The second kappa shape index (κ2) is 8.65. The van der Waals surface area contributed by atoms with Crippen LogP contribution in [-0.4, -0.2) is 33.4 Å². The molecular formula is C19H33N3O2. The molecule has 2 atom stereocenters. The summed E-state index contributed by atoms with van der Waals surface area (Å²) >= 11 is 0. The molecule has 0 aromatic carbocycles. The zero-order valence-corrected chi connectivity index (χ0v) is 15.6. The number of aromatic nitrogens is 2. The Hall–Kier alpha value is -1.36. The van der Waals surface area contributed by atoms with Gasteiger partial charge in [-0.3, -0.25) is 9.48 Å². The zero-order valence-electron chi connectivity index (χ0n) is 15.6. The molecule has 1 saturated carbocycles. The lowest BCUT2D eigenvalue weighted by Gasteiger charge is -2.31. The highest BCUT2D eigenvalue weighted by molar-refractivity contribution is 5.79. The minimum Gasteiger partial charge on any atom is -0.396 e. The molecule has 5 heteroatoms. The average Bonchev–Trinajstić information content (AvgIpc) is 2.81. The smallest absolute Gasteiger partial charge is 0.223 e. The first-order chi connectivity index (χ1) is 11.4. The third kappa shape index (κ3) is 4.59. The molecule has 0 saturated heterocycles. The van der Waals surface area contributed by atoms with E-state index < -0.39 is 0 Å². The van der Waals surface area contributed by atoms with Crippen LogP contribution >= 0.6 is 0 Å². The molecule has 2 N–H and O–H groups in total. The number of aliphatic hydroxyl groups is 1. The van der Waals surface area contributed by atoms with Gasteiger partial charge in [0, 0.05) is 31.3 Å². The molecule has 0 bridgehead atoms. The molecule has 0 radical (unpaired) electrons. The number of nitrogens with zero attached hydrogens (tertiary/aromatic N) is 2. The lowest BCUT2D eigenvalue weighted by Crippen LogP contribution is -2.44. The van der Waals surface area contributed by atoms with Crippen LogP contribution in [0.5, 0.6) is 0 Å². The van der Waals surface area contributed by atoms with Gasteiger partial charge in [0.25, 0.3) is 0 Å². The van der Waals surface area contributed by atoms with Crippen molar-refractivity contribution in [2.24, 2.45) is 18.9 Å². The Morgan fingerprint density at radius 1 is 1.33 bits per heavy atom.